The Bertz CT molecular complexity index is 1090. The van der Waals surface area contributed by atoms with Crippen LogP contribution in [0, 0.1) is 13.8 Å². The van der Waals surface area contributed by atoms with Crippen LogP contribution in [0.1, 0.15) is 18.3 Å². The number of para-hydroxylation sites is 1. The number of anilines is 1. The fourth-order valence-corrected chi connectivity index (χ4v) is 4.16. The second-order valence-electron chi connectivity index (χ2n) is 5.88. The Hall–Kier alpha value is -2.52. The van der Waals surface area contributed by atoms with Gasteiger partial charge in [0.25, 0.3) is 5.78 Å². The van der Waals surface area contributed by atoms with Crippen LogP contribution in [-0.2, 0) is 4.79 Å². The van der Waals surface area contributed by atoms with Crippen molar-refractivity contribution in [3.05, 3.63) is 41.7 Å². The number of thioether (sulfide) groups is 1. The van der Waals surface area contributed by atoms with Gasteiger partial charge in [0.15, 0.2) is 5.13 Å². The highest BCUT2D eigenvalue weighted by atomic mass is 32.2. The van der Waals surface area contributed by atoms with Crippen LogP contribution in [0.15, 0.2) is 35.5 Å². The second kappa shape index (κ2) is 6.65. The van der Waals surface area contributed by atoms with E-state index in [4.69, 9.17) is 0 Å². The van der Waals surface area contributed by atoms with Crippen LogP contribution in [0.25, 0.3) is 16.0 Å². The van der Waals surface area contributed by atoms with Crippen molar-refractivity contribution in [1.29, 1.82) is 0 Å². The van der Waals surface area contributed by atoms with Crippen molar-refractivity contribution in [2.75, 3.05) is 5.32 Å². The molecule has 0 bridgehead atoms. The van der Waals surface area contributed by atoms with Gasteiger partial charge < -0.3 is 5.32 Å². The number of carbonyl (C=O) groups excluding carboxylic acids is 1. The predicted molar refractivity (Wildman–Crippen MR) is 104 cm³/mol. The smallest absolute Gasteiger partial charge is 0.253 e. The third kappa shape index (κ3) is 3.27. The maximum Gasteiger partial charge on any atom is 0.253 e. The third-order valence-electron chi connectivity index (χ3n) is 3.77. The Morgan fingerprint density at radius 1 is 1.23 bits per heavy atom. The molecule has 4 aromatic rings. The lowest BCUT2D eigenvalue weighted by Crippen LogP contribution is -2.22. The van der Waals surface area contributed by atoms with Crippen molar-refractivity contribution in [3.8, 4) is 0 Å². The quantitative estimate of drug-likeness (QED) is 0.542. The van der Waals surface area contributed by atoms with Crippen molar-refractivity contribution in [2.45, 2.75) is 31.2 Å². The maximum absolute atomic E-state index is 12.5. The minimum atomic E-state index is -0.360. The van der Waals surface area contributed by atoms with Gasteiger partial charge >= 0.3 is 0 Å². The highest BCUT2D eigenvalue weighted by molar-refractivity contribution is 8.00. The average molecular weight is 384 g/mol. The van der Waals surface area contributed by atoms with Crippen molar-refractivity contribution in [1.82, 2.24) is 24.6 Å². The molecule has 7 nitrogen and oxygen atoms in total. The number of thiazole rings is 1. The molecule has 1 atom stereocenters. The van der Waals surface area contributed by atoms with Gasteiger partial charge in [0, 0.05) is 11.4 Å². The van der Waals surface area contributed by atoms with Crippen molar-refractivity contribution in [3.63, 3.8) is 0 Å². The summed E-state index contributed by atoms with van der Waals surface area (Å²) in [5.74, 6) is 0.414. The highest BCUT2D eigenvalue weighted by Crippen LogP contribution is 2.27. The van der Waals surface area contributed by atoms with E-state index in [9.17, 15) is 4.79 Å². The molecular formula is C17H16N6OS2. The Morgan fingerprint density at radius 3 is 2.85 bits per heavy atom. The lowest BCUT2D eigenvalue weighted by atomic mass is 10.3. The van der Waals surface area contributed by atoms with E-state index < -0.39 is 0 Å². The molecule has 1 aromatic carbocycles. The molecule has 0 radical (unpaired) electrons. The molecule has 132 valence electrons. The van der Waals surface area contributed by atoms with Gasteiger partial charge in [-0.25, -0.2) is 14.5 Å². The van der Waals surface area contributed by atoms with E-state index in [0.717, 1.165) is 21.6 Å². The Balaban J connectivity index is 1.49. The number of aromatic nitrogens is 5. The predicted octanol–water partition coefficient (Wildman–Crippen LogP) is 3.47. The molecule has 0 spiro atoms. The molecule has 0 aliphatic rings. The molecule has 0 fully saturated rings. The lowest BCUT2D eigenvalue weighted by molar-refractivity contribution is -0.115. The van der Waals surface area contributed by atoms with Gasteiger partial charge in [-0.2, -0.15) is 4.98 Å². The monoisotopic (exact) mass is 384 g/mol. The highest BCUT2D eigenvalue weighted by Gasteiger charge is 2.19. The van der Waals surface area contributed by atoms with Gasteiger partial charge in [0.1, 0.15) is 0 Å². The van der Waals surface area contributed by atoms with Crippen LogP contribution in [0.4, 0.5) is 5.13 Å². The van der Waals surface area contributed by atoms with Crippen molar-refractivity contribution >= 4 is 50.1 Å². The third-order valence-corrected chi connectivity index (χ3v) is 5.68. The zero-order valence-corrected chi connectivity index (χ0v) is 16.1. The summed E-state index contributed by atoms with van der Waals surface area (Å²) in [6.45, 7) is 5.70. The second-order valence-corrected chi connectivity index (χ2v) is 8.22. The van der Waals surface area contributed by atoms with Gasteiger partial charge in [0.05, 0.1) is 15.5 Å². The number of carbonyl (C=O) groups is 1. The maximum atomic E-state index is 12.5. The first kappa shape index (κ1) is 16.9. The summed E-state index contributed by atoms with van der Waals surface area (Å²) in [4.78, 5) is 25.7. The number of fused-ring (bicyclic) bond motifs is 2. The summed E-state index contributed by atoms with van der Waals surface area (Å²) in [5.41, 5.74) is 2.73. The fraction of sp³-hybridized carbons (Fsp3) is 0.235. The first-order valence-corrected chi connectivity index (χ1v) is 9.73. The molecule has 1 unspecified atom stereocenters. The molecule has 0 aliphatic carbocycles. The van der Waals surface area contributed by atoms with E-state index in [1.54, 1.807) is 4.52 Å². The number of benzene rings is 1. The number of aryl methyl sites for hydroxylation is 2. The molecule has 3 aromatic heterocycles. The number of nitrogens with zero attached hydrogens (tertiary/aromatic N) is 5. The first-order valence-electron chi connectivity index (χ1n) is 8.04. The zero-order valence-electron chi connectivity index (χ0n) is 14.4. The largest absolute Gasteiger partial charge is 0.301 e. The lowest BCUT2D eigenvalue weighted by Gasteiger charge is -2.07. The number of nitrogens with one attached hydrogen (secondary N) is 1. The molecule has 3 heterocycles. The summed E-state index contributed by atoms with van der Waals surface area (Å²) in [6.07, 6.45) is 0. The van der Waals surface area contributed by atoms with Crippen LogP contribution in [0.3, 0.4) is 0 Å². The number of hydrogen-bond donors (Lipinski definition) is 1. The standard InChI is InChI=1S/C17H16N6OS2/c1-9-8-10(2)23-15(18-9)21-17(22-23)25-11(3)14(24)20-16-19-12-6-4-5-7-13(12)26-16/h4-8,11H,1-3H3,(H,19,20,24). The minimum absolute atomic E-state index is 0.131. The normalized spacial score (nSPS) is 12.6. The van der Waals surface area contributed by atoms with Gasteiger partial charge in [0.2, 0.25) is 11.1 Å². The molecule has 0 saturated heterocycles. The van der Waals surface area contributed by atoms with Crippen LogP contribution in [0.2, 0.25) is 0 Å². The van der Waals surface area contributed by atoms with Crippen LogP contribution >= 0.6 is 23.1 Å². The van der Waals surface area contributed by atoms with Crippen molar-refractivity contribution < 1.29 is 4.79 Å². The van der Waals surface area contributed by atoms with E-state index in [2.05, 4.69) is 25.4 Å². The number of amides is 1. The van der Waals surface area contributed by atoms with E-state index in [1.807, 2.05) is 51.1 Å². The Kier molecular flexibility index (Phi) is 4.33. The van der Waals surface area contributed by atoms with Crippen LogP contribution in [-0.4, -0.2) is 35.7 Å². The molecule has 4 rings (SSSR count). The SMILES string of the molecule is Cc1cc(C)n2nc(SC(C)C(=O)Nc3nc4ccccc4s3)nc2n1. The number of rotatable bonds is 4. The van der Waals surface area contributed by atoms with Gasteiger partial charge in [-0.15, -0.1) is 5.10 Å². The first-order chi connectivity index (χ1) is 12.5. The van der Waals surface area contributed by atoms with Gasteiger partial charge in [-0.3, -0.25) is 4.79 Å². The fourth-order valence-electron chi connectivity index (χ4n) is 2.54. The molecule has 26 heavy (non-hydrogen) atoms. The van der Waals surface area contributed by atoms with Gasteiger partial charge in [-0.05, 0) is 39.0 Å². The summed E-state index contributed by atoms with van der Waals surface area (Å²) < 4.78 is 2.73. The zero-order chi connectivity index (χ0) is 18.3. The summed E-state index contributed by atoms with van der Waals surface area (Å²) in [5, 5.41) is 8.07. The Morgan fingerprint density at radius 2 is 2.04 bits per heavy atom. The Labute approximate surface area is 157 Å². The average Bonchev–Trinajstić information content (AvgIpc) is 3.17. The van der Waals surface area contributed by atoms with Crippen LogP contribution in [0.5, 0.6) is 0 Å². The van der Waals surface area contributed by atoms with Crippen molar-refractivity contribution in [2.24, 2.45) is 0 Å². The van der Waals surface area contributed by atoms with E-state index in [0.29, 0.717) is 16.1 Å². The molecule has 0 aliphatic heterocycles. The van der Waals surface area contributed by atoms with E-state index >= 15 is 0 Å². The molecule has 1 amide bonds. The molecule has 1 N–H and O–H groups in total. The number of hydrogen-bond acceptors (Lipinski definition) is 7. The van der Waals surface area contributed by atoms with E-state index in [-0.39, 0.29) is 11.2 Å². The molecule has 0 saturated carbocycles. The summed E-state index contributed by atoms with van der Waals surface area (Å²) in [7, 11) is 0. The molecule has 9 heteroatoms. The van der Waals surface area contributed by atoms with Crippen LogP contribution < -0.4 is 5.32 Å². The summed E-state index contributed by atoms with van der Waals surface area (Å²) in [6, 6.07) is 9.74. The minimum Gasteiger partial charge on any atom is -0.301 e. The topological polar surface area (TPSA) is 85.1 Å². The van der Waals surface area contributed by atoms with Gasteiger partial charge in [-0.1, -0.05) is 35.2 Å². The summed E-state index contributed by atoms with van der Waals surface area (Å²) >= 11 is 2.76. The van der Waals surface area contributed by atoms with E-state index in [1.165, 1.54) is 23.1 Å². The molecular weight excluding hydrogens is 368 g/mol.